The van der Waals surface area contributed by atoms with Gasteiger partial charge in [0.05, 0.1) is 31.1 Å². The number of para-hydroxylation sites is 1. The molecule has 1 amide bonds. The molecule has 6 nitrogen and oxygen atoms in total. The van der Waals surface area contributed by atoms with Crippen LogP contribution in [0.15, 0.2) is 18.2 Å². The van der Waals surface area contributed by atoms with Gasteiger partial charge in [0.15, 0.2) is 5.75 Å². The molecule has 5 N–H and O–H groups in total. The summed E-state index contributed by atoms with van der Waals surface area (Å²) < 4.78 is 5.03. The lowest BCUT2D eigenvalue weighted by atomic mass is 10.1. The van der Waals surface area contributed by atoms with Crippen molar-refractivity contribution in [1.82, 2.24) is 5.32 Å². The molecule has 0 aromatic heterocycles. The monoisotopic (exact) mass is 240 g/mol. The Hall–Kier alpha value is -1.79. The predicted octanol–water partition coefficient (Wildman–Crippen LogP) is -0.640. The number of nitrogen functional groups attached to an aromatic ring is 1. The van der Waals surface area contributed by atoms with Crippen LogP contribution >= 0.6 is 0 Å². The second-order valence-electron chi connectivity index (χ2n) is 3.47. The number of aliphatic hydroxyl groups is 2. The standard InChI is InChI=1S/C11H16N2O4/c1-17-10-8(3-2-4-9(10)12)11(16)13-5-7(15)6-14/h2-4,7,14-15H,5-6,12H2,1H3,(H,13,16). The number of carbonyl (C=O) groups is 1. The van der Waals surface area contributed by atoms with Crippen LogP contribution in [0.2, 0.25) is 0 Å². The molecule has 94 valence electrons. The lowest BCUT2D eigenvalue weighted by Crippen LogP contribution is -2.34. The van der Waals surface area contributed by atoms with Crippen LogP contribution in [0.1, 0.15) is 10.4 Å². The molecule has 0 spiro atoms. The normalized spacial score (nSPS) is 11.9. The number of methoxy groups -OCH3 is 1. The zero-order valence-corrected chi connectivity index (χ0v) is 9.51. The predicted molar refractivity (Wildman–Crippen MR) is 62.8 cm³/mol. The van der Waals surface area contributed by atoms with Crippen molar-refractivity contribution >= 4 is 11.6 Å². The van der Waals surface area contributed by atoms with Crippen molar-refractivity contribution in [2.45, 2.75) is 6.10 Å². The van der Waals surface area contributed by atoms with E-state index in [-0.39, 0.29) is 12.1 Å². The summed E-state index contributed by atoms with van der Waals surface area (Å²) in [6.07, 6.45) is -0.981. The number of benzene rings is 1. The largest absolute Gasteiger partial charge is 0.494 e. The maximum absolute atomic E-state index is 11.8. The number of carbonyl (C=O) groups excluding carboxylic acids is 1. The SMILES string of the molecule is COc1c(N)cccc1C(=O)NCC(O)CO. The first-order valence-corrected chi connectivity index (χ1v) is 5.09. The second kappa shape index (κ2) is 6.07. The van der Waals surface area contributed by atoms with Gasteiger partial charge in [0.1, 0.15) is 0 Å². The first-order valence-electron chi connectivity index (χ1n) is 5.09. The van der Waals surface area contributed by atoms with Gasteiger partial charge in [0, 0.05) is 6.54 Å². The van der Waals surface area contributed by atoms with Gasteiger partial charge in [-0.25, -0.2) is 0 Å². The molecular formula is C11H16N2O4. The molecule has 0 saturated heterocycles. The Kier molecular flexibility index (Phi) is 4.74. The minimum atomic E-state index is -0.981. The van der Waals surface area contributed by atoms with Crippen LogP contribution in [0.4, 0.5) is 5.69 Å². The molecular weight excluding hydrogens is 224 g/mol. The van der Waals surface area contributed by atoms with Crippen LogP contribution in [-0.2, 0) is 0 Å². The van der Waals surface area contributed by atoms with Crippen molar-refractivity contribution in [2.75, 3.05) is 26.0 Å². The summed E-state index contributed by atoms with van der Waals surface area (Å²) in [7, 11) is 1.42. The van der Waals surface area contributed by atoms with Crippen LogP contribution in [0.5, 0.6) is 5.75 Å². The number of hydrogen-bond donors (Lipinski definition) is 4. The third-order valence-electron chi connectivity index (χ3n) is 2.20. The topological polar surface area (TPSA) is 105 Å². The molecule has 1 unspecified atom stereocenters. The number of amides is 1. The number of rotatable bonds is 5. The Morgan fingerprint density at radius 2 is 2.29 bits per heavy atom. The summed E-state index contributed by atoms with van der Waals surface area (Å²) in [6, 6.07) is 4.82. The van der Waals surface area contributed by atoms with Crippen molar-refractivity contribution < 1.29 is 19.7 Å². The molecule has 0 aliphatic rings. The minimum absolute atomic E-state index is 0.0344. The van der Waals surface area contributed by atoms with Gasteiger partial charge in [0.25, 0.3) is 5.91 Å². The van der Waals surface area contributed by atoms with E-state index >= 15 is 0 Å². The van der Waals surface area contributed by atoms with E-state index in [2.05, 4.69) is 5.32 Å². The van der Waals surface area contributed by atoms with Crippen molar-refractivity contribution in [2.24, 2.45) is 0 Å². The third kappa shape index (κ3) is 3.33. The van der Waals surface area contributed by atoms with E-state index in [1.807, 2.05) is 0 Å². The second-order valence-corrected chi connectivity index (χ2v) is 3.47. The van der Waals surface area contributed by atoms with E-state index in [9.17, 15) is 4.79 Å². The molecule has 0 saturated carbocycles. The van der Waals surface area contributed by atoms with Crippen LogP contribution in [0.25, 0.3) is 0 Å². The zero-order valence-electron chi connectivity index (χ0n) is 9.51. The summed E-state index contributed by atoms with van der Waals surface area (Å²) >= 11 is 0. The summed E-state index contributed by atoms with van der Waals surface area (Å²) in [6.45, 7) is -0.443. The lowest BCUT2D eigenvalue weighted by Gasteiger charge is -2.12. The van der Waals surface area contributed by atoms with Gasteiger partial charge in [-0.1, -0.05) is 6.07 Å². The van der Waals surface area contributed by atoms with Gasteiger partial charge >= 0.3 is 0 Å². The fourth-order valence-corrected chi connectivity index (χ4v) is 1.33. The maximum Gasteiger partial charge on any atom is 0.255 e. The van der Waals surface area contributed by atoms with Gasteiger partial charge in [-0.15, -0.1) is 0 Å². The summed E-state index contributed by atoms with van der Waals surface area (Å²) in [4.78, 5) is 11.8. The molecule has 0 heterocycles. The van der Waals surface area contributed by atoms with E-state index < -0.39 is 18.6 Å². The molecule has 0 aliphatic carbocycles. The van der Waals surface area contributed by atoms with E-state index in [1.54, 1.807) is 18.2 Å². The molecule has 1 aromatic rings. The molecule has 0 aliphatic heterocycles. The number of nitrogens with one attached hydrogen (secondary N) is 1. The highest BCUT2D eigenvalue weighted by atomic mass is 16.5. The Bertz CT molecular complexity index is 395. The van der Waals surface area contributed by atoms with Crippen molar-refractivity contribution in [1.29, 1.82) is 0 Å². The molecule has 1 aromatic carbocycles. The number of aliphatic hydroxyl groups excluding tert-OH is 2. The average Bonchev–Trinajstić information content (AvgIpc) is 2.35. The van der Waals surface area contributed by atoms with Gasteiger partial charge < -0.3 is 26.0 Å². The van der Waals surface area contributed by atoms with Gasteiger partial charge in [-0.05, 0) is 12.1 Å². The highest BCUT2D eigenvalue weighted by Crippen LogP contribution is 2.25. The Morgan fingerprint density at radius 1 is 1.59 bits per heavy atom. The quantitative estimate of drug-likeness (QED) is 0.512. The third-order valence-corrected chi connectivity index (χ3v) is 2.20. The number of hydrogen-bond acceptors (Lipinski definition) is 5. The van der Waals surface area contributed by atoms with Crippen LogP contribution in [0.3, 0.4) is 0 Å². The molecule has 0 fully saturated rings. The van der Waals surface area contributed by atoms with Gasteiger partial charge in [-0.2, -0.15) is 0 Å². The van der Waals surface area contributed by atoms with E-state index in [4.69, 9.17) is 20.7 Å². The molecule has 0 bridgehead atoms. The molecule has 1 rings (SSSR count). The van der Waals surface area contributed by atoms with E-state index in [0.717, 1.165) is 0 Å². The van der Waals surface area contributed by atoms with Gasteiger partial charge in [0.2, 0.25) is 0 Å². The van der Waals surface area contributed by atoms with E-state index in [1.165, 1.54) is 7.11 Å². The number of ether oxygens (including phenoxy) is 1. The Labute approximate surface area is 99.0 Å². The Morgan fingerprint density at radius 3 is 2.88 bits per heavy atom. The van der Waals surface area contributed by atoms with Crippen LogP contribution in [0, 0.1) is 0 Å². The highest BCUT2D eigenvalue weighted by Gasteiger charge is 2.14. The smallest absolute Gasteiger partial charge is 0.255 e. The number of anilines is 1. The fraction of sp³-hybridized carbons (Fsp3) is 0.364. The lowest BCUT2D eigenvalue weighted by molar-refractivity contribution is 0.0800. The van der Waals surface area contributed by atoms with Crippen LogP contribution in [-0.4, -0.2) is 42.5 Å². The molecule has 17 heavy (non-hydrogen) atoms. The average molecular weight is 240 g/mol. The van der Waals surface area contributed by atoms with Crippen molar-refractivity contribution in [3.8, 4) is 5.75 Å². The van der Waals surface area contributed by atoms with Crippen molar-refractivity contribution in [3.05, 3.63) is 23.8 Å². The summed E-state index contributed by atoms with van der Waals surface area (Å²) in [5.41, 5.74) is 6.31. The zero-order chi connectivity index (χ0) is 12.8. The van der Waals surface area contributed by atoms with Crippen molar-refractivity contribution in [3.63, 3.8) is 0 Å². The van der Waals surface area contributed by atoms with E-state index in [0.29, 0.717) is 11.4 Å². The Balaban J connectivity index is 2.78. The molecule has 1 atom stereocenters. The summed E-state index contributed by atoms with van der Waals surface area (Å²) in [5, 5.41) is 20.2. The highest BCUT2D eigenvalue weighted by molar-refractivity contribution is 5.98. The minimum Gasteiger partial charge on any atom is -0.494 e. The molecule has 0 radical (unpaired) electrons. The fourth-order valence-electron chi connectivity index (χ4n) is 1.33. The first-order chi connectivity index (χ1) is 8.10. The first kappa shape index (κ1) is 13.3. The van der Waals surface area contributed by atoms with Gasteiger partial charge in [-0.3, -0.25) is 4.79 Å². The molecule has 6 heteroatoms. The van der Waals surface area contributed by atoms with Crippen LogP contribution < -0.4 is 15.8 Å². The number of nitrogens with two attached hydrogens (primary N) is 1. The maximum atomic E-state index is 11.8. The summed E-state index contributed by atoms with van der Waals surface area (Å²) in [5.74, 6) is -0.120.